The Labute approximate surface area is 172 Å². The van der Waals surface area contributed by atoms with Crippen LogP contribution in [0.4, 0.5) is 4.79 Å². The maximum atomic E-state index is 12.6. The van der Waals surface area contributed by atoms with Crippen LogP contribution in [0.1, 0.15) is 17.5 Å². The van der Waals surface area contributed by atoms with Gasteiger partial charge in [0.2, 0.25) is 12.7 Å². The van der Waals surface area contributed by atoms with Crippen LogP contribution in [0.3, 0.4) is 0 Å². The quantitative estimate of drug-likeness (QED) is 0.670. The van der Waals surface area contributed by atoms with Gasteiger partial charge in [0.1, 0.15) is 11.8 Å². The monoisotopic (exact) mass is 411 g/mol. The van der Waals surface area contributed by atoms with Crippen LogP contribution in [0.15, 0.2) is 42.5 Å². The summed E-state index contributed by atoms with van der Waals surface area (Å²) in [5, 5.41) is 5.33. The number of nitrogens with one attached hydrogen (secondary N) is 2. The van der Waals surface area contributed by atoms with Gasteiger partial charge in [-0.25, -0.2) is 4.79 Å². The Morgan fingerprint density at radius 1 is 1.13 bits per heavy atom. The Morgan fingerprint density at radius 2 is 1.87 bits per heavy atom. The molecular weight excluding hydrogens is 390 g/mol. The lowest BCUT2D eigenvalue weighted by atomic mass is 10.1. The van der Waals surface area contributed by atoms with Crippen molar-refractivity contribution in [3.8, 4) is 17.2 Å². The van der Waals surface area contributed by atoms with E-state index in [9.17, 15) is 14.4 Å². The molecule has 156 valence electrons. The number of hydrogen-bond donors (Lipinski definition) is 2. The molecule has 2 aliphatic heterocycles. The van der Waals surface area contributed by atoms with Crippen molar-refractivity contribution in [1.29, 1.82) is 0 Å². The second-order valence-corrected chi connectivity index (χ2v) is 6.94. The van der Waals surface area contributed by atoms with Gasteiger partial charge in [-0.05, 0) is 35.4 Å². The molecule has 1 atom stereocenters. The minimum absolute atomic E-state index is 0.0886. The Morgan fingerprint density at radius 3 is 2.63 bits per heavy atom. The first-order chi connectivity index (χ1) is 14.5. The minimum atomic E-state index is -0.887. The molecule has 2 N–H and O–H groups in total. The lowest BCUT2D eigenvalue weighted by Crippen LogP contribution is -2.36. The fourth-order valence-electron chi connectivity index (χ4n) is 3.29. The van der Waals surface area contributed by atoms with Crippen LogP contribution in [0.5, 0.6) is 17.2 Å². The number of benzene rings is 2. The SMILES string of the molecule is COc1ccc(CNC(=O)C[C@H]2NC(=O)N(Cc3ccc4c(c3)OCO4)C2=O)cc1. The summed E-state index contributed by atoms with van der Waals surface area (Å²) in [5.74, 6) is 1.18. The predicted octanol–water partition coefficient (Wildman–Crippen LogP) is 1.55. The molecule has 2 aromatic carbocycles. The fourth-order valence-corrected chi connectivity index (χ4v) is 3.29. The molecule has 2 aliphatic rings. The molecule has 0 spiro atoms. The Balaban J connectivity index is 1.31. The Hall–Kier alpha value is -3.75. The van der Waals surface area contributed by atoms with Crippen LogP contribution in [-0.2, 0) is 22.7 Å². The van der Waals surface area contributed by atoms with Crippen molar-refractivity contribution in [3.63, 3.8) is 0 Å². The number of amides is 4. The number of imide groups is 1. The maximum Gasteiger partial charge on any atom is 0.325 e. The second-order valence-electron chi connectivity index (χ2n) is 6.94. The van der Waals surface area contributed by atoms with Gasteiger partial charge in [0.25, 0.3) is 5.91 Å². The van der Waals surface area contributed by atoms with E-state index in [0.717, 1.165) is 21.8 Å². The van der Waals surface area contributed by atoms with Gasteiger partial charge in [0.05, 0.1) is 20.1 Å². The number of hydrogen-bond acceptors (Lipinski definition) is 6. The van der Waals surface area contributed by atoms with E-state index in [4.69, 9.17) is 14.2 Å². The molecule has 9 nitrogen and oxygen atoms in total. The third kappa shape index (κ3) is 4.14. The number of fused-ring (bicyclic) bond motifs is 1. The van der Waals surface area contributed by atoms with Crippen LogP contribution in [-0.4, -0.2) is 42.7 Å². The summed E-state index contributed by atoms with van der Waals surface area (Å²) in [6, 6.07) is 11.1. The standard InChI is InChI=1S/C21H21N3O6/c1-28-15-5-2-13(3-6-15)10-22-19(25)9-16-20(26)24(21(27)23-16)11-14-4-7-17-18(8-14)30-12-29-17/h2-8,16H,9-12H2,1H3,(H,22,25)(H,23,27)/t16-/m1/s1. The molecule has 0 aromatic heterocycles. The number of carbonyl (C=O) groups is 3. The smallest absolute Gasteiger partial charge is 0.325 e. The summed E-state index contributed by atoms with van der Waals surface area (Å²) < 4.78 is 15.7. The first kappa shape index (κ1) is 19.6. The molecule has 0 aliphatic carbocycles. The summed E-state index contributed by atoms with van der Waals surface area (Å²) in [4.78, 5) is 38.2. The highest BCUT2D eigenvalue weighted by molar-refractivity contribution is 6.05. The third-order valence-corrected chi connectivity index (χ3v) is 4.92. The molecule has 2 heterocycles. The molecule has 0 bridgehead atoms. The van der Waals surface area contributed by atoms with E-state index in [0.29, 0.717) is 18.0 Å². The van der Waals surface area contributed by atoms with Crippen LogP contribution in [0.2, 0.25) is 0 Å². The summed E-state index contributed by atoms with van der Waals surface area (Å²) in [6.07, 6.45) is -0.127. The Bertz CT molecular complexity index is 975. The topological polar surface area (TPSA) is 106 Å². The van der Waals surface area contributed by atoms with Crippen LogP contribution >= 0.6 is 0 Å². The fraction of sp³-hybridized carbons (Fsp3) is 0.286. The average Bonchev–Trinajstić information content (AvgIpc) is 3.32. The minimum Gasteiger partial charge on any atom is -0.497 e. The number of ether oxygens (including phenoxy) is 3. The molecule has 1 fully saturated rings. The highest BCUT2D eigenvalue weighted by Crippen LogP contribution is 2.33. The Kier molecular flexibility index (Phi) is 5.42. The van der Waals surface area contributed by atoms with E-state index in [2.05, 4.69) is 10.6 Å². The number of rotatable bonds is 7. The van der Waals surface area contributed by atoms with E-state index in [1.165, 1.54) is 0 Å². The van der Waals surface area contributed by atoms with Crippen molar-refractivity contribution in [3.05, 3.63) is 53.6 Å². The molecule has 1 saturated heterocycles. The van der Waals surface area contributed by atoms with E-state index in [1.54, 1.807) is 37.4 Å². The highest BCUT2D eigenvalue weighted by Gasteiger charge is 2.39. The lowest BCUT2D eigenvalue weighted by Gasteiger charge is -2.13. The highest BCUT2D eigenvalue weighted by atomic mass is 16.7. The lowest BCUT2D eigenvalue weighted by molar-refractivity contribution is -0.131. The largest absolute Gasteiger partial charge is 0.497 e. The van der Waals surface area contributed by atoms with Crippen LogP contribution < -0.4 is 24.8 Å². The van der Waals surface area contributed by atoms with Gasteiger partial charge in [-0.3, -0.25) is 14.5 Å². The molecule has 4 rings (SSSR count). The number of carbonyl (C=O) groups excluding carboxylic acids is 3. The number of urea groups is 1. The normalized spacial score (nSPS) is 17.1. The van der Waals surface area contributed by atoms with Crippen molar-refractivity contribution in [2.24, 2.45) is 0 Å². The van der Waals surface area contributed by atoms with Gasteiger partial charge < -0.3 is 24.8 Å². The molecule has 0 saturated carbocycles. The van der Waals surface area contributed by atoms with Crippen molar-refractivity contribution < 1.29 is 28.6 Å². The molecule has 0 unspecified atom stereocenters. The first-order valence-corrected chi connectivity index (χ1v) is 9.43. The van der Waals surface area contributed by atoms with E-state index in [1.807, 2.05) is 12.1 Å². The van der Waals surface area contributed by atoms with Gasteiger partial charge in [-0.1, -0.05) is 18.2 Å². The van der Waals surface area contributed by atoms with Gasteiger partial charge in [0.15, 0.2) is 11.5 Å². The van der Waals surface area contributed by atoms with Gasteiger partial charge in [-0.15, -0.1) is 0 Å². The van der Waals surface area contributed by atoms with E-state index in [-0.39, 0.29) is 25.7 Å². The molecule has 0 radical (unpaired) electrons. The van der Waals surface area contributed by atoms with Crippen molar-refractivity contribution in [2.45, 2.75) is 25.6 Å². The van der Waals surface area contributed by atoms with Crippen molar-refractivity contribution in [2.75, 3.05) is 13.9 Å². The molecular formula is C21H21N3O6. The zero-order chi connectivity index (χ0) is 21.1. The number of nitrogens with zero attached hydrogens (tertiary/aromatic N) is 1. The van der Waals surface area contributed by atoms with E-state index < -0.39 is 18.0 Å². The maximum absolute atomic E-state index is 12.6. The first-order valence-electron chi connectivity index (χ1n) is 9.43. The zero-order valence-electron chi connectivity index (χ0n) is 16.3. The third-order valence-electron chi connectivity index (χ3n) is 4.92. The van der Waals surface area contributed by atoms with Crippen molar-refractivity contribution in [1.82, 2.24) is 15.5 Å². The van der Waals surface area contributed by atoms with Crippen LogP contribution in [0, 0.1) is 0 Å². The van der Waals surface area contributed by atoms with E-state index >= 15 is 0 Å². The molecule has 4 amide bonds. The van der Waals surface area contributed by atoms with Gasteiger partial charge in [0, 0.05) is 6.54 Å². The predicted molar refractivity (Wildman–Crippen MR) is 105 cm³/mol. The average molecular weight is 411 g/mol. The molecule has 30 heavy (non-hydrogen) atoms. The zero-order valence-corrected chi connectivity index (χ0v) is 16.3. The molecule has 2 aromatic rings. The summed E-state index contributed by atoms with van der Waals surface area (Å²) in [7, 11) is 1.58. The summed E-state index contributed by atoms with van der Waals surface area (Å²) >= 11 is 0. The van der Waals surface area contributed by atoms with Crippen LogP contribution in [0.25, 0.3) is 0 Å². The summed E-state index contributed by atoms with van der Waals surface area (Å²) in [6.45, 7) is 0.555. The molecule has 9 heteroatoms. The summed E-state index contributed by atoms with van der Waals surface area (Å²) in [5.41, 5.74) is 1.63. The number of methoxy groups -OCH3 is 1. The second kappa shape index (κ2) is 8.32. The van der Waals surface area contributed by atoms with Gasteiger partial charge in [-0.2, -0.15) is 0 Å². The van der Waals surface area contributed by atoms with Gasteiger partial charge >= 0.3 is 6.03 Å². The van der Waals surface area contributed by atoms with Crippen molar-refractivity contribution >= 4 is 17.8 Å².